The summed E-state index contributed by atoms with van der Waals surface area (Å²) in [5.41, 5.74) is 6.26. The molecule has 6 nitrogen and oxygen atoms in total. The Bertz CT molecular complexity index is 462. The number of hydrogen-bond acceptors (Lipinski definition) is 5. The van der Waals surface area contributed by atoms with E-state index in [1.807, 2.05) is 12.1 Å². The number of ether oxygens (including phenoxy) is 2. The highest BCUT2D eigenvalue weighted by Crippen LogP contribution is 2.19. The van der Waals surface area contributed by atoms with Gasteiger partial charge in [-0.05, 0) is 12.1 Å². The monoisotopic (exact) mass is 280 g/mol. The van der Waals surface area contributed by atoms with Crippen LogP contribution < -0.4 is 10.5 Å². The predicted octanol–water partition coefficient (Wildman–Crippen LogP) is 1.06. The van der Waals surface area contributed by atoms with Gasteiger partial charge in [0.2, 0.25) is 5.91 Å². The molecular formula is C14H20N2O4. The van der Waals surface area contributed by atoms with Gasteiger partial charge < -0.3 is 20.1 Å². The molecule has 20 heavy (non-hydrogen) atoms. The van der Waals surface area contributed by atoms with Crippen LogP contribution in [-0.2, 0) is 14.3 Å². The summed E-state index contributed by atoms with van der Waals surface area (Å²) in [5, 5.41) is 0. The van der Waals surface area contributed by atoms with Gasteiger partial charge in [-0.15, -0.1) is 0 Å². The van der Waals surface area contributed by atoms with Gasteiger partial charge in [-0.2, -0.15) is 0 Å². The highest BCUT2D eigenvalue weighted by atomic mass is 16.5. The van der Waals surface area contributed by atoms with Crippen LogP contribution in [0.15, 0.2) is 24.3 Å². The van der Waals surface area contributed by atoms with E-state index in [0.29, 0.717) is 18.0 Å². The number of nitrogens with two attached hydrogens (primary N) is 1. The summed E-state index contributed by atoms with van der Waals surface area (Å²) in [6.45, 7) is 0.578. The van der Waals surface area contributed by atoms with Gasteiger partial charge in [0, 0.05) is 13.6 Å². The molecule has 0 unspecified atom stereocenters. The van der Waals surface area contributed by atoms with Crippen LogP contribution in [-0.4, -0.2) is 44.1 Å². The van der Waals surface area contributed by atoms with Crippen LogP contribution in [0.5, 0.6) is 5.75 Å². The third kappa shape index (κ3) is 5.17. The van der Waals surface area contributed by atoms with Crippen molar-refractivity contribution >= 4 is 17.6 Å². The Kier molecular flexibility index (Phi) is 6.36. The SMILES string of the molecule is COC(=O)CCN(C)C(=O)CCOc1ccccc1N. The quantitative estimate of drug-likeness (QED) is 0.596. The van der Waals surface area contributed by atoms with Gasteiger partial charge in [-0.3, -0.25) is 9.59 Å². The number of carbonyl (C=O) groups is 2. The Labute approximate surface area is 118 Å². The minimum Gasteiger partial charge on any atom is -0.491 e. The molecule has 1 aromatic carbocycles. The highest BCUT2D eigenvalue weighted by molar-refractivity contribution is 5.77. The van der Waals surface area contributed by atoms with Crippen molar-refractivity contribution < 1.29 is 19.1 Å². The van der Waals surface area contributed by atoms with E-state index in [0.717, 1.165) is 0 Å². The Balaban J connectivity index is 2.29. The fraction of sp³-hybridized carbons (Fsp3) is 0.429. The van der Waals surface area contributed by atoms with E-state index in [2.05, 4.69) is 4.74 Å². The second kappa shape index (κ2) is 8.04. The highest BCUT2D eigenvalue weighted by Gasteiger charge is 2.11. The van der Waals surface area contributed by atoms with Gasteiger partial charge in [0.1, 0.15) is 5.75 Å². The third-order valence-corrected chi connectivity index (χ3v) is 2.80. The number of amides is 1. The van der Waals surface area contributed by atoms with Crippen molar-refractivity contribution in [3.05, 3.63) is 24.3 Å². The molecule has 1 rings (SSSR count). The number of nitrogens with zero attached hydrogens (tertiary/aromatic N) is 1. The van der Waals surface area contributed by atoms with Gasteiger partial charge in [0.15, 0.2) is 0 Å². The van der Waals surface area contributed by atoms with Crippen LogP contribution in [0.1, 0.15) is 12.8 Å². The largest absolute Gasteiger partial charge is 0.491 e. The van der Waals surface area contributed by atoms with Crippen LogP contribution >= 0.6 is 0 Å². The summed E-state index contributed by atoms with van der Waals surface area (Å²) in [5.74, 6) is 0.138. The molecule has 0 aromatic heterocycles. The van der Waals surface area contributed by atoms with Gasteiger partial charge in [0.05, 0.1) is 32.2 Å². The van der Waals surface area contributed by atoms with Crippen molar-refractivity contribution in [2.75, 3.05) is 33.0 Å². The Hall–Kier alpha value is -2.24. The fourth-order valence-electron chi connectivity index (χ4n) is 1.54. The smallest absolute Gasteiger partial charge is 0.307 e. The zero-order valence-corrected chi connectivity index (χ0v) is 11.8. The Morgan fingerprint density at radius 1 is 1.25 bits per heavy atom. The molecule has 6 heteroatoms. The van der Waals surface area contributed by atoms with Crippen LogP contribution in [0.2, 0.25) is 0 Å². The summed E-state index contributed by atoms with van der Waals surface area (Å²) in [6, 6.07) is 7.12. The average Bonchev–Trinajstić information content (AvgIpc) is 2.46. The number of nitrogen functional groups attached to an aromatic ring is 1. The average molecular weight is 280 g/mol. The lowest BCUT2D eigenvalue weighted by Crippen LogP contribution is -2.30. The van der Waals surface area contributed by atoms with Crippen LogP contribution in [0.3, 0.4) is 0 Å². The molecule has 0 aliphatic rings. The van der Waals surface area contributed by atoms with Gasteiger partial charge in [0.25, 0.3) is 0 Å². The minimum absolute atomic E-state index is 0.0941. The number of rotatable bonds is 7. The summed E-state index contributed by atoms with van der Waals surface area (Å²) in [4.78, 5) is 24.2. The van der Waals surface area contributed by atoms with Crippen LogP contribution in [0.25, 0.3) is 0 Å². The molecule has 0 saturated carbocycles. The lowest BCUT2D eigenvalue weighted by Gasteiger charge is -2.16. The van der Waals surface area contributed by atoms with Crippen molar-refractivity contribution in [2.24, 2.45) is 0 Å². The molecule has 0 fully saturated rings. The number of esters is 1. The van der Waals surface area contributed by atoms with E-state index in [1.165, 1.54) is 12.0 Å². The molecule has 0 spiro atoms. The van der Waals surface area contributed by atoms with Crippen molar-refractivity contribution in [2.45, 2.75) is 12.8 Å². The lowest BCUT2D eigenvalue weighted by atomic mass is 10.3. The number of benzene rings is 1. The molecular weight excluding hydrogens is 260 g/mol. The maximum Gasteiger partial charge on any atom is 0.307 e. The summed E-state index contributed by atoms with van der Waals surface area (Å²) >= 11 is 0. The second-order valence-corrected chi connectivity index (χ2v) is 4.28. The zero-order valence-electron chi connectivity index (χ0n) is 11.8. The first-order valence-corrected chi connectivity index (χ1v) is 6.32. The number of hydrogen-bond donors (Lipinski definition) is 1. The van der Waals surface area contributed by atoms with E-state index in [4.69, 9.17) is 10.5 Å². The summed E-state index contributed by atoms with van der Waals surface area (Å²) in [6.07, 6.45) is 0.414. The third-order valence-electron chi connectivity index (χ3n) is 2.80. The number of anilines is 1. The first kappa shape index (κ1) is 15.8. The molecule has 0 radical (unpaired) electrons. The molecule has 1 aromatic rings. The maximum absolute atomic E-state index is 11.8. The normalized spacial score (nSPS) is 9.90. The molecule has 0 heterocycles. The van der Waals surface area contributed by atoms with Gasteiger partial charge in [-0.25, -0.2) is 0 Å². The van der Waals surface area contributed by atoms with Crippen LogP contribution in [0, 0.1) is 0 Å². The fourth-order valence-corrected chi connectivity index (χ4v) is 1.54. The lowest BCUT2D eigenvalue weighted by molar-refractivity contribution is -0.141. The van der Waals surface area contributed by atoms with Crippen molar-refractivity contribution in [3.8, 4) is 5.75 Å². The molecule has 0 atom stereocenters. The summed E-state index contributed by atoms with van der Waals surface area (Å²) < 4.78 is 9.96. The number of carbonyl (C=O) groups excluding carboxylic acids is 2. The Morgan fingerprint density at radius 3 is 2.60 bits per heavy atom. The standard InChI is InChI=1S/C14H20N2O4/c1-16(9-7-14(18)19-2)13(17)8-10-20-12-6-4-3-5-11(12)15/h3-6H,7-10,15H2,1-2H3. The first-order chi connectivity index (χ1) is 9.54. The topological polar surface area (TPSA) is 81.9 Å². The van der Waals surface area contributed by atoms with Gasteiger partial charge >= 0.3 is 5.97 Å². The van der Waals surface area contributed by atoms with E-state index in [-0.39, 0.29) is 31.3 Å². The van der Waals surface area contributed by atoms with E-state index >= 15 is 0 Å². The van der Waals surface area contributed by atoms with E-state index in [1.54, 1.807) is 19.2 Å². The first-order valence-electron chi connectivity index (χ1n) is 6.32. The molecule has 110 valence electrons. The van der Waals surface area contributed by atoms with Crippen molar-refractivity contribution in [3.63, 3.8) is 0 Å². The minimum atomic E-state index is -0.335. The second-order valence-electron chi connectivity index (χ2n) is 4.28. The molecule has 0 aliphatic heterocycles. The zero-order chi connectivity index (χ0) is 15.0. The van der Waals surface area contributed by atoms with E-state index < -0.39 is 0 Å². The van der Waals surface area contributed by atoms with Crippen molar-refractivity contribution in [1.82, 2.24) is 4.90 Å². The van der Waals surface area contributed by atoms with Crippen LogP contribution in [0.4, 0.5) is 5.69 Å². The van der Waals surface area contributed by atoms with Crippen molar-refractivity contribution in [1.29, 1.82) is 0 Å². The molecule has 0 saturated heterocycles. The maximum atomic E-state index is 11.8. The van der Waals surface area contributed by atoms with E-state index in [9.17, 15) is 9.59 Å². The summed E-state index contributed by atoms with van der Waals surface area (Å²) in [7, 11) is 2.96. The molecule has 0 aliphatic carbocycles. The molecule has 1 amide bonds. The van der Waals surface area contributed by atoms with Gasteiger partial charge in [-0.1, -0.05) is 12.1 Å². The Morgan fingerprint density at radius 2 is 1.95 bits per heavy atom. The predicted molar refractivity (Wildman–Crippen MR) is 75.2 cm³/mol. The number of para-hydroxylation sites is 2. The molecule has 2 N–H and O–H groups in total. The molecule has 0 bridgehead atoms. The number of methoxy groups -OCH3 is 1.